The van der Waals surface area contributed by atoms with Crippen molar-refractivity contribution in [3.05, 3.63) is 80.9 Å². The van der Waals surface area contributed by atoms with Crippen LogP contribution in [0.2, 0.25) is 0 Å². The Labute approximate surface area is 139 Å². The Hall–Kier alpha value is -3.00. The maximum atomic E-state index is 13.0. The molecule has 0 amide bonds. The summed E-state index contributed by atoms with van der Waals surface area (Å²) in [5, 5.41) is 21.1. The Balaban J connectivity index is 2.12. The van der Waals surface area contributed by atoms with Crippen LogP contribution in [0.1, 0.15) is 33.0 Å². The summed E-state index contributed by atoms with van der Waals surface area (Å²) in [6, 6.07) is 16.4. The SMILES string of the molecule is Cc1ccc([C@H](C[N+](=O)[O-])[C@@]2(C#N)Cc3ccccc3C2=O)cc1. The summed E-state index contributed by atoms with van der Waals surface area (Å²) in [5.74, 6) is -1.09. The van der Waals surface area contributed by atoms with Gasteiger partial charge >= 0.3 is 0 Å². The highest BCUT2D eigenvalue weighted by Crippen LogP contribution is 2.46. The van der Waals surface area contributed by atoms with E-state index in [9.17, 15) is 20.2 Å². The van der Waals surface area contributed by atoms with Crippen molar-refractivity contribution in [1.82, 2.24) is 0 Å². The molecule has 2 aromatic rings. The highest BCUT2D eigenvalue weighted by Gasteiger charge is 2.53. The number of rotatable bonds is 4. The van der Waals surface area contributed by atoms with Gasteiger partial charge in [-0.05, 0) is 18.1 Å². The van der Waals surface area contributed by atoms with Crippen LogP contribution in [0.15, 0.2) is 48.5 Å². The third-order valence-electron chi connectivity index (χ3n) is 4.74. The maximum Gasteiger partial charge on any atom is 0.212 e. The first kappa shape index (κ1) is 15.9. The topological polar surface area (TPSA) is 84.0 Å². The van der Waals surface area contributed by atoms with Crippen LogP contribution in [0.5, 0.6) is 0 Å². The summed E-state index contributed by atoms with van der Waals surface area (Å²) >= 11 is 0. The van der Waals surface area contributed by atoms with Crippen LogP contribution >= 0.6 is 0 Å². The lowest BCUT2D eigenvalue weighted by atomic mass is 9.70. The third-order valence-corrected chi connectivity index (χ3v) is 4.74. The van der Waals surface area contributed by atoms with E-state index in [0.29, 0.717) is 11.1 Å². The van der Waals surface area contributed by atoms with Gasteiger partial charge in [-0.1, -0.05) is 54.1 Å². The van der Waals surface area contributed by atoms with E-state index in [0.717, 1.165) is 11.1 Å². The molecule has 0 radical (unpaired) electrons. The average molecular weight is 320 g/mol. The number of Topliss-reactive ketones (excluding diaryl/α,β-unsaturated/α-hetero) is 1. The van der Waals surface area contributed by atoms with E-state index in [1.807, 2.05) is 31.2 Å². The Morgan fingerprint density at radius 1 is 1.25 bits per heavy atom. The number of ketones is 1. The van der Waals surface area contributed by atoms with E-state index in [-0.39, 0.29) is 12.2 Å². The minimum absolute atomic E-state index is 0.213. The lowest BCUT2D eigenvalue weighted by Crippen LogP contribution is -2.37. The van der Waals surface area contributed by atoms with Gasteiger partial charge in [0.2, 0.25) is 6.54 Å². The van der Waals surface area contributed by atoms with Gasteiger partial charge in [0.05, 0.1) is 12.0 Å². The number of hydrogen-bond acceptors (Lipinski definition) is 4. The summed E-state index contributed by atoms with van der Waals surface area (Å²) in [6.07, 6.45) is 0.213. The standard InChI is InChI=1S/C19H16N2O3/c1-13-6-8-14(9-7-13)17(11-21(23)24)19(12-20)10-15-4-2-3-5-16(15)18(19)22/h2-9,17H,10-11H2,1H3/t17-,19-/m0/s1. The van der Waals surface area contributed by atoms with Crippen LogP contribution in [0.4, 0.5) is 0 Å². The molecule has 3 rings (SSSR count). The lowest BCUT2D eigenvalue weighted by molar-refractivity contribution is -0.485. The number of nitro groups is 1. The first-order valence-corrected chi connectivity index (χ1v) is 7.70. The second-order valence-corrected chi connectivity index (χ2v) is 6.22. The number of hydrogen-bond donors (Lipinski definition) is 0. The number of fused-ring (bicyclic) bond motifs is 1. The van der Waals surface area contributed by atoms with E-state index in [1.54, 1.807) is 24.3 Å². The van der Waals surface area contributed by atoms with Gasteiger partial charge in [0, 0.05) is 16.9 Å². The molecule has 0 unspecified atom stereocenters. The molecule has 0 heterocycles. The molecule has 0 bridgehead atoms. The first-order chi connectivity index (χ1) is 11.5. The van der Waals surface area contributed by atoms with Gasteiger partial charge in [0.15, 0.2) is 5.78 Å². The molecule has 0 N–H and O–H groups in total. The number of aryl methyl sites for hydroxylation is 1. The fourth-order valence-corrected chi connectivity index (χ4v) is 3.46. The van der Waals surface area contributed by atoms with Crippen LogP contribution in [-0.2, 0) is 6.42 Å². The van der Waals surface area contributed by atoms with E-state index >= 15 is 0 Å². The Bertz CT molecular complexity index is 852. The summed E-state index contributed by atoms with van der Waals surface area (Å²) in [5.41, 5.74) is 1.53. The zero-order valence-electron chi connectivity index (χ0n) is 13.2. The van der Waals surface area contributed by atoms with Gasteiger partial charge in [-0.25, -0.2) is 0 Å². The number of nitrogens with zero attached hydrogens (tertiary/aromatic N) is 2. The third kappa shape index (κ3) is 2.46. The molecule has 2 aromatic carbocycles. The van der Waals surface area contributed by atoms with E-state index in [2.05, 4.69) is 6.07 Å². The van der Waals surface area contributed by atoms with E-state index in [4.69, 9.17) is 0 Å². The van der Waals surface area contributed by atoms with Gasteiger partial charge in [-0.2, -0.15) is 5.26 Å². The first-order valence-electron chi connectivity index (χ1n) is 7.70. The van der Waals surface area contributed by atoms with Crippen LogP contribution in [0, 0.1) is 33.8 Å². The smallest absolute Gasteiger partial charge is 0.212 e. The van der Waals surface area contributed by atoms with Crippen molar-refractivity contribution in [2.24, 2.45) is 5.41 Å². The fourth-order valence-electron chi connectivity index (χ4n) is 3.46. The van der Waals surface area contributed by atoms with Crippen molar-refractivity contribution in [3.63, 3.8) is 0 Å². The normalized spacial score (nSPS) is 20.2. The van der Waals surface area contributed by atoms with Crippen LogP contribution in [0.3, 0.4) is 0 Å². The van der Waals surface area contributed by atoms with Gasteiger partial charge in [0.1, 0.15) is 5.41 Å². The molecule has 0 fully saturated rings. The van der Waals surface area contributed by atoms with Crippen molar-refractivity contribution in [1.29, 1.82) is 5.26 Å². The highest BCUT2D eigenvalue weighted by atomic mass is 16.6. The molecular weight excluding hydrogens is 304 g/mol. The predicted octanol–water partition coefficient (Wildman–Crippen LogP) is 3.30. The van der Waals surface area contributed by atoms with Crippen LogP contribution in [0.25, 0.3) is 0 Å². The summed E-state index contributed by atoms with van der Waals surface area (Å²) in [7, 11) is 0. The molecule has 0 aromatic heterocycles. The van der Waals surface area contributed by atoms with E-state index in [1.165, 1.54) is 0 Å². The molecular formula is C19H16N2O3. The molecule has 0 saturated carbocycles. The second-order valence-electron chi connectivity index (χ2n) is 6.22. The number of nitriles is 1. The fraction of sp³-hybridized carbons (Fsp3) is 0.263. The monoisotopic (exact) mass is 320 g/mol. The van der Waals surface area contributed by atoms with Gasteiger partial charge < -0.3 is 0 Å². The Kier molecular flexibility index (Phi) is 3.90. The second kappa shape index (κ2) is 5.89. The number of carbonyl (C=O) groups is 1. The van der Waals surface area contributed by atoms with Gasteiger partial charge in [-0.15, -0.1) is 0 Å². The zero-order chi connectivity index (χ0) is 17.3. The van der Waals surface area contributed by atoms with Gasteiger partial charge in [-0.3, -0.25) is 14.9 Å². The number of carbonyl (C=O) groups excluding carboxylic acids is 1. The average Bonchev–Trinajstić information content (AvgIpc) is 2.87. The van der Waals surface area contributed by atoms with Crippen LogP contribution in [-0.4, -0.2) is 17.3 Å². The molecule has 24 heavy (non-hydrogen) atoms. The van der Waals surface area contributed by atoms with Crippen molar-refractivity contribution < 1.29 is 9.72 Å². The molecule has 0 aliphatic heterocycles. The minimum Gasteiger partial charge on any atom is -0.292 e. The highest BCUT2D eigenvalue weighted by molar-refractivity contribution is 6.07. The molecule has 1 aliphatic carbocycles. The Morgan fingerprint density at radius 3 is 2.50 bits per heavy atom. The molecule has 0 spiro atoms. The van der Waals surface area contributed by atoms with Crippen molar-refractivity contribution >= 4 is 5.78 Å². The predicted molar refractivity (Wildman–Crippen MR) is 88.3 cm³/mol. The largest absolute Gasteiger partial charge is 0.292 e. The van der Waals surface area contributed by atoms with Crippen molar-refractivity contribution in [2.75, 3.05) is 6.54 Å². The summed E-state index contributed by atoms with van der Waals surface area (Å²) in [6.45, 7) is 1.47. The zero-order valence-corrected chi connectivity index (χ0v) is 13.2. The molecule has 5 heteroatoms. The Morgan fingerprint density at radius 2 is 1.92 bits per heavy atom. The maximum absolute atomic E-state index is 13.0. The van der Waals surface area contributed by atoms with E-state index < -0.39 is 22.8 Å². The molecule has 5 nitrogen and oxygen atoms in total. The molecule has 1 aliphatic rings. The lowest BCUT2D eigenvalue weighted by Gasteiger charge is -2.27. The molecule has 2 atom stereocenters. The minimum atomic E-state index is -1.42. The molecule has 120 valence electrons. The van der Waals surface area contributed by atoms with Crippen LogP contribution < -0.4 is 0 Å². The molecule has 0 saturated heterocycles. The van der Waals surface area contributed by atoms with Crippen molar-refractivity contribution in [2.45, 2.75) is 19.3 Å². The number of benzene rings is 2. The quantitative estimate of drug-likeness (QED) is 0.639. The summed E-state index contributed by atoms with van der Waals surface area (Å²) in [4.78, 5) is 23.8. The van der Waals surface area contributed by atoms with Gasteiger partial charge in [0.25, 0.3) is 0 Å². The van der Waals surface area contributed by atoms with Crippen molar-refractivity contribution in [3.8, 4) is 6.07 Å². The summed E-state index contributed by atoms with van der Waals surface area (Å²) < 4.78 is 0.